The van der Waals surface area contributed by atoms with Crippen LogP contribution in [-0.2, 0) is 6.54 Å². The van der Waals surface area contributed by atoms with Crippen LogP contribution in [0.3, 0.4) is 0 Å². The van der Waals surface area contributed by atoms with E-state index in [2.05, 4.69) is 15.6 Å². The van der Waals surface area contributed by atoms with Crippen molar-refractivity contribution in [3.8, 4) is 0 Å². The Hall–Kier alpha value is -2.70. The smallest absolute Gasteiger partial charge is 0.267 e. The molecule has 0 bridgehead atoms. The predicted octanol–water partition coefficient (Wildman–Crippen LogP) is 3.88. The molecule has 1 N–H and O–H groups in total. The molecule has 2 aromatic carbocycles. The van der Waals surface area contributed by atoms with Crippen molar-refractivity contribution in [2.45, 2.75) is 19.9 Å². The van der Waals surface area contributed by atoms with E-state index in [9.17, 15) is 9.59 Å². The van der Waals surface area contributed by atoms with E-state index < -0.39 is 5.91 Å². The molecule has 0 aliphatic heterocycles. The Balaban J connectivity index is 1.92. The lowest BCUT2D eigenvalue weighted by Crippen LogP contribution is -2.29. The normalized spacial score (nSPS) is 11.2. The van der Waals surface area contributed by atoms with Gasteiger partial charge >= 0.3 is 0 Å². The van der Waals surface area contributed by atoms with Crippen LogP contribution >= 0.6 is 23.2 Å². The molecule has 8 heteroatoms. The van der Waals surface area contributed by atoms with Crippen LogP contribution in [0, 0.1) is 0 Å². The summed E-state index contributed by atoms with van der Waals surface area (Å²) in [7, 11) is 0. The third kappa shape index (κ3) is 4.18. The molecule has 0 aliphatic carbocycles. The molecule has 0 atom stereocenters. The minimum atomic E-state index is -0.516. The Bertz CT molecular complexity index is 1090. The van der Waals surface area contributed by atoms with Gasteiger partial charge in [-0.05, 0) is 24.6 Å². The highest BCUT2D eigenvalue weighted by atomic mass is 35.5. The maximum Gasteiger partial charge on any atom is 0.292 e. The summed E-state index contributed by atoms with van der Waals surface area (Å²) in [6, 6.07) is 11.8. The van der Waals surface area contributed by atoms with Gasteiger partial charge in [0.05, 0.1) is 16.6 Å². The van der Waals surface area contributed by atoms with Gasteiger partial charge in [0.25, 0.3) is 11.5 Å². The second-order valence-electron chi connectivity index (χ2n) is 5.79. The van der Waals surface area contributed by atoms with Crippen LogP contribution in [-0.4, -0.2) is 21.9 Å². The van der Waals surface area contributed by atoms with Crippen molar-refractivity contribution >= 4 is 46.1 Å². The van der Waals surface area contributed by atoms with Gasteiger partial charge in [-0.15, -0.1) is 0 Å². The Labute approximate surface area is 165 Å². The minimum Gasteiger partial charge on any atom is -0.267 e. The zero-order valence-electron chi connectivity index (χ0n) is 14.4. The van der Waals surface area contributed by atoms with Gasteiger partial charge in [0.2, 0.25) is 0 Å². The number of benzene rings is 2. The average Bonchev–Trinajstić information content (AvgIpc) is 2.66. The Morgan fingerprint density at radius 3 is 2.67 bits per heavy atom. The maximum absolute atomic E-state index is 12.6. The summed E-state index contributed by atoms with van der Waals surface area (Å²) in [6.45, 7) is 2.36. The summed E-state index contributed by atoms with van der Waals surface area (Å²) in [5.74, 6) is -0.516. The van der Waals surface area contributed by atoms with Crippen LogP contribution in [0.15, 0.2) is 52.4 Å². The minimum absolute atomic E-state index is 0.137. The van der Waals surface area contributed by atoms with Crippen LogP contribution in [0.4, 0.5) is 0 Å². The highest BCUT2D eigenvalue weighted by Crippen LogP contribution is 2.19. The Kier molecular flexibility index (Phi) is 5.88. The van der Waals surface area contributed by atoms with E-state index in [1.165, 1.54) is 10.9 Å². The number of aryl methyl sites for hydroxylation is 1. The first kappa shape index (κ1) is 19.1. The van der Waals surface area contributed by atoms with Crippen LogP contribution < -0.4 is 11.0 Å². The van der Waals surface area contributed by atoms with E-state index in [0.29, 0.717) is 32.9 Å². The number of halogens is 2. The summed E-state index contributed by atoms with van der Waals surface area (Å²) in [5, 5.41) is 10.00. The van der Waals surface area contributed by atoms with Crippen molar-refractivity contribution in [3.05, 3.63) is 74.1 Å². The summed E-state index contributed by atoms with van der Waals surface area (Å²) < 4.78 is 1.30. The zero-order valence-corrected chi connectivity index (χ0v) is 16.0. The number of carbonyl (C=O) groups excluding carboxylic acids is 1. The number of hydrazone groups is 1. The van der Waals surface area contributed by atoms with Gasteiger partial charge in [0.1, 0.15) is 0 Å². The lowest BCUT2D eigenvalue weighted by Gasteiger charge is -2.09. The van der Waals surface area contributed by atoms with Crippen molar-refractivity contribution in [2.75, 3.05) is 0 Å². The van der Waals surface area contributed by atoms with E-state index >= 15 is 0 Å². The highest BCUT2D eigenvalue weighted by molar-refractivity contribution is 6.36. The molecule has 27 heavy (non-hydrogen) atoms. The van der Waals surface area contributed by atoms with Gasteiger partial charge in [-0.25, -0.2) is 10.1 Å². The fraction of sp³-hybridized carbons (Fsp3) is 0.158. The number of hydrogen-bond acceptors (Lipinski definition) is 4. The van der Waals surface area contributed by atoms with Crippen molar-refractivity contribution in [1.82, 2.24) is 15.2 Å². The van der Waals surface area contributed by atoms with E-state index in [-0.39, 0.29) is 11.3 Å². The molecule has 138 valence electrons. The summed E-state index contributed by atoms with van der Waals surface area (Å²) in [6.07, 6.45) is 2.14. The second kappa shape index (κ2) is 8.33. The monoisotopic (exact) mass is 402 g/mol. The maximum atomic E-state index is 12.6. The largest absolute Gasteiger partial charge is 0.292 e. The molecular formula is C19H16Cl2N4O2. The van der Waals surface area contributed by atoms with Gasteiger partial charge in [0, 0.05) is 22.5 Å². The molecule has 0 aliphatic rings. The summed E-state index contributed by atoms with van der Waals surface area (Å²) >= 11 is 11.9. The number of nitrogens with zero attached hydrogens (tertiary/aromatic N) is 3. The fourth-order valence-corrected chi connectivity index (χ4v) is 3.04. The molecule has 3 aromatic rings. The lowest BCUT2D eigenvalue weighted by atomic mass is 10.1. The molecule has 0 unspecified atom stereocenters. The Morgan fingerprint density at radius 2 is 1.96 bits per heavy atom. The third-order valence-electron chi connectivity index (χ3n) is 3.85. The number of aromatic nitrogens is 2. The molecule has 6 nitrogen and oxygen atoms in total. The predicted molar refractivity (Wildman–Crippen MR) is 108 cm³/mol. The second-order valence-corrected chi connectivity index (χ2v) is 6.63. The summed E-state index contributed by atoms with van der Waals surface area (Å²) in [5.41, 5.74) is 2.95. The number of nitrogens with one attached hydrogen (secondary N) is 1. The highest BCUT2D eigenvalue weighted by Gasteiger charge is 2.16. The molecular weight excluding hydrogens is 387 g/mol. The number of hydrogen-bond donors (Lipinski definition) is 1. The first-order chi connectivity index (χ1) is 13.0. The number of rotatable bonds is 5. The SMILES string of the molecule is CCCn1nc(C(=O)N/N=C\c2ccc(Cl)cc2Cl)c2ccccc2c1=O. The molecule has 0 saturated heterocycles. The zero-order chi connectivity index (χ0) is 19.4. The number of fused-ring (bicyclic) bond motifs is 1. The van der Waals surface area contributed by atoms with Gasteiger partial charge < -0.3 is 0 Å². The molecule has 0 spiro atoms. The van der Waals surface area contributed by atoms with Crippen LogP contribution in [0.25, 0.3) is 10.8 Å². The molecule has 0 fully saturated rings. The van der Waals surface area contributed by atoms with E-state index in [4.69, 9.17) is 23.2 Å². The number of carbonyl (C=O) groups is 1. The quantitative estimate of drug-likeness (QED) is 0.519. The fourth-order valence-electron chi connectivity index (χ4n) is 2.59. The third-order valence-corrected chi connectivity index (χ3v) is 4.41. The van der Waals surface area contributed by atoms with Crippen LogP contribution in [0.2, 0.25) is 10.0 Å². The first-order valence-electron chi connectivity index (χ1n) is 8.29. The van der Waals surface area contributed by atoms with Crippen molar-refractivity contribution in [3.63, 3.8) is 0 Å². The van der Waals surface area contributed by atoms with Gasteiger partial charge in [-0.1, -0.05) is 54.4 Å². The van der Waals surface area contributed by atoms with Crippen molar-refractivity contribution in [2.24, 2.45) is 5.10 Å². The first-order valence-corrected chi connectivity index (χ1v) is 9.05. The molecule has 0 saturated carbocycles. The average molecular weight is 403 g/mol. The van der Waals surface area contributed by atoms with E-state index in [1.807, 2.05) is 6.92 Å². The van der Waals surface area contributed by atoms with Crippen molar-refractivity contribution in [1.29, 1.82) is 0 Å². The van der Waals surface area contributed by atoms with E-state index in [1.54, 1.807) is 42.5 Å². The van der Waals surface area contributed by atoms with Crippen LogP contribution in [0.5, 0.6) is 0 Å². The summed E-state index contributed by atoms with van der Waals surface area (Å²) in [4.78, 5) is 25.1. The molecule has 0 radical (unpaired) electrons. The standard InChI is InChI=1S/C19H16Cl2N4O2/c1-2-9-25-19(27)15-6-4-3-5-14(15)17(24-25)18(26)23-22-11-12-7-8-13(20)10-16(12)21/h3-8,10-11H,2,9H2,1H3,(H,23,26)/b22-11-. The van der Waals surface area contributed by atoms with E-state index in [0.717, 1.165) is 6.42 Å². The molecule has 1 heterocycles. The van der Waals surface area contributed by atoms with Gasteiger partial charge in [-0.2, -0.15) is 10.2 Å². The van der Waals surface area contributed by atoms with Gasteiger partial charge in [0.15, 0.2) is 5.69 Å². The lowest BCUT2D eigenvalue weighted by molar-refractivity contribution is 0.0949. The van der Waals surface area contributed by atoms with Crippen LogP contribution in [0.1, 0.15) is 29.4 Å². The topological polar surface area (TPSA) is 76.3 Å². The molecule has 1 amide bonds. The molecule has 1 aromatic heterocycles. The van der Waals surface area contributed by atoms with Gasteiger partial charge in [-0.3, -0.25) is 9.59 Å². The van der Waals surface area contributed by atoms with Crippen molar-refractivity contribution < 1.29 is 4.79 Å². The number of amides is 1. The Morgan fingerprint density at radius 1 is 1.22 bits per heavy atom. The molecule has 3 rings (SSSR count).